The molecule has 0 amide bonds. The van der Waals surface area contributed by atoms with Crippen molar-refractivity contribution in [3.63, 3.8) is 0 Å². The maximum Gasteiger partial charge on any atom is 0.162 e. The summed E-state index contributed by atoms with van der Waals surface area (Å²) in [6.45, 7) is 0. The summed E-state index contributed by atoms with van der Waals surface area (Å²) in [5.74, 6) is 2.10. The minimum absolute atomic E-state index is 0.642. The fourth-order valence-corrected chi connectivity index (χ4v) is 3.33. The number of anilines is 1. The molecule has 0 radical (unpaired) electrons. The lowest BCUT2D eigenvalue weighted by Crippen LogP contribution is -2.12. The normalized spacial score (nSPS) is 10.9. The fourth-order valence-electron chi connectivity index (χ4n) is 3.07. The van der Waals surface area contributed by atoms with Crippen LogP contribution in [0.4, 0.5) is 5.82 Å². The topological polar surface area (TPSA) is 50.6 Å². The molecule has 0 unspecified atom stereocenters. The van der Waals surface area contributed by atoms with Gasteiger partial charge in [0.25, 0.3) is 0 Å². The Bertz CT molecular complexity index is 1190. The van der Waals surface area contributed by atoms with Gasteiger partial charge in [0.05, 0.1) is 19.0 Å². The first-order valence-corrected chi connectivity index (χ1v) is 10.5. The molecule has 0 atom stereocenters. The van der Waals surface area contributed by atoms with E-state index in [4.69, 9.17) is 14.7 Å². The highest BCUT2D eigenvalue weighted by atomic mass is 79.9. The van der Waals surface area contributed by atoms with E-state index in [1.807, 2.05) is 92.0 Å². The molecule has 0 aliphatic rings. The lowest BCUT2D eigenvalue weighted by atomic mass is 10.1. The maximum absolute atomic E-state index is 5.41. The zero-order chi connectivity index (χ0) is 21.6. The molecule has 5 nitrogen and oxygen atoms in total. The van der Waals surface area contributed by atoms with E-state index in [2.05, 4.69) is 21.0 Å². The molecule has 0 N–H and O–H groups in total. The fraction of sp³-hybridized carbons (Fsp3) is 0.0800. The van der Waals surface area contributed by atoms with Crippen molar-refractivity contribution >= 4 is 28.0 Å². The minimum Gasteiger partial charge on any atom is -0.496 e. The summed E-state index contributed by atoms with van der Waals surface area (Å²) in [5, 5.41) is 6.33. The Morgan fingerprint density at radius 2 is 1.58 bits per heavy atom. The minimum atomic E-state index is 0.642. The van der Waals surface area contributed by atoms with E-state index in [0.29, 0.717) is 11.6 Å². The average molecular weight is 473 g/mol. The van der Waals surface area contributed by atoms with Gasteiger partial charge in [-0.1, -0.05) is 70.5 Å². The zero-order valence-corrected chi connectivity index (χ0v) is 18.8. The van der Waals surface area contributed by atoms with Crippen molar-refractivity contribution in [2.45, 2.75) is 0 Å². The van der Waals surface area contributed by atoms with Crippen LogP contribution >= 0.6 is 15.9 Å². The van der Waals surface area contributed by atoms with E-state index in [-0.39, 0.29) is 0 Å². The van der Waals surface area contributed by atoms with E-state index in [1.165, 1.54) is 0 Å². The van der Waals surface area contributed by atoms with Gasteiger partial charge in [-0.05, 0) is 24.3 Å². The first-order chi connectivity index (χ1) is 15.1. The molecule has 1 aromatic heterocycles. The SMILES string of the molecule is COc1ccccc1/C=N/N(C)c1cc(-c2ccccc2)nc(-c2ccc(Br)cc2)n1. The number of hydrazone groups is 1. The van der Waals surface area contributed by atoms with Crippen LogP contribution in [0.1, 0.15) is 5.56 Å². The smallest absolute Gasteiger partial charge is 0.162 e. The molecule has 0 bridgehead atoms. The van der Waals surface area contributed by atoms with Crippen LogP contribution in [0.25, 0.3) is 22.6 Å². The first-order valence-electron chi connectivity index (χ1n) is 9.75. The summed E-state index contributed by atoms with van der Waals surface area (Å²) >= 11 is 3.48. The van der Waals surface area contributed by atoms with Gasteiger partial charge in [-0.2, -0.15) is 5.10 Å². The lowest BCUT2D eigenvalue weighted by molar-refractivity contribution is 0.414. The summed E-state index contributed by atoms with van der Waals surface area (Å²) in [7, 11) is 3.52. The molecule has 0 aliphatic heterocycles. The van der Waals surface area contributed by atoms with Crippen LogP contribution in [0.3, 0.4) is 0 Å². The van der Waals surface area contributed by atoms with Gasteiger partial charge in [0, 0.05) is 34.3 Å². The molecule has 4 aromatic rings. The number of aromatic nitrogens is 2. The van der Waals surface area contributed by atoms with Gasteiger partial charge in [-0.25, -0.2) is 9.97 Å². The second-order valence-electron chi connectivity index (χ2n) is 6.82. The Labute approximate surface area is 190 Å². The summed E-state index contributed by atoms with van der Waals surface area (Å²) < 4.78 is 6.42. The van der Waals surface area contributed by atoms with Crippen LogP contribution in [0.2, 0.25) is 0 Å². The second-order valence-corrected chi connectivity index (χ2v) is 7.73. The summed E-state index contributed by atoms with van der Waals surface area (Å²) in [4.78, 5) is 9.57. The van der Waals surface area contributed by atoms with Crippen LogP contribution in [0.5, 0.6) is 5.75 Å². The van der Waals surface area contributed by atoms with Crippen molar-refractivity contribution in [2.24, 2.45) is 5.10 Å². The molecule has 0 saturated heterocycles. The van der Waals surface area contributed by atoms with Crippen molar-refractivity contribution in [1.82, 2.24) is 9.97 Å². The lowest BCUT2D eigenvalue weighted by Gasteiger charge is -2.15. The number of rotatable bonds is 6. The average Bonchev–Trinajstić information content (AvgIpc) is 2.83. The van der Waals surface area contributed by atoms with Crippen LogP contribution in [-0.4, -0.2) is 30.3 Å². The van der Waals surface area contributed by atoms with Gasteiger partial charge >= 0.3 is 0 Å². The van der Waals surface area contributed by atoms with E-state index in [0.717, 1.165) is 32.6 Å². The van der Waals surface area contributed by atoms with Crippen molar-refractivity contribution in [3.05, 3.63) is 95.0 Å². The molecule has 4 rings (SSSR count). The predicted molar refractivity (Wildman–Crippen MR) is 130 cm³/mol. The third-order valence-corrected chi connectivity index (χ3v) is 5.25. The highest BCUT2D eigenvalue weighted by molar-refractivity contribution is 9.10. The first kappa shape index (κ1) is 20.8. The number of halogens is 1. The van der Waals surface area contributed by atoms with Gasteiger partial charge in [-0.15, -0.1) is 0 Å². The number of hydrogen-bond donors (Lipinski definition) is 0. The van der Waals surface area contributed by atoms with Crippen molar-refractivity contribution in [2.75, 3.05) is 19.2 Å². The predicted octanol–water partition coefficient (Wildman–Crippen LogP) is 6.05. The zero-order valence-electron chi connectivity index (χ0n) is 17.2. The van der Waals surface area contributed by atoms with E-state index in [1.54, 1.807) is 18.3 Å². The number of benzene rings is 3. The van der Waals surface area contributed by atoms with Crippen LogP contribution in [0, 0.1) is 0 Å². The summed E-state index contributed by atoms with van der Waals surface area (Å²) in [6.07, 6.45) is 1.77. The third-order valence-electron chi connectivity index (χ3n) is 4.73. The van der Waals surface area contributed by atoms with Crippen molar-refractivity contribution < 1.29 is 4.74 Å². The standard InChI is InChI=1S/C25H21BrN4O/c1-30(27-17-20-10-6-7-11-23(20)31-2)24-16-22(18-8-4-3-5-9-18)28-25(29-24)19-12-14-21(26)15-13-19/h3-17H,1-2H3/b27-17+. The molecule has 0 fully saturated rings. The number of nitrogens with zero attached hydrogens (tertiary/aromatic N) is 4. The van der Waals surface area contributed by atoms with Gasteiger partial charge in [0.2, 0.25) is 0 Å². The van der Waals surface area contributed by atoms with Crippen LogP contribution in [-0.2, 0) is 0 Å². The monoisotopic (exact) mass is 472 g/mol. The molecule has 1 heterocycles. The van der Waals surface area contributed by atoms with Gasteiger partial charge < -0.3 is 4.74 Å². The molecule has 0 aliphatic carbocycles. The van der Waals surface area contributed by atoms with Crippen LogP contribution < -0.4 is 9.75 Å². The molecule has 3 aromatic carbocycles. The largest absolute Gasteiger partial charge is 0.496 e. The maximum atomic E-state index is 5.41. The molecular weight excluding hydrogens is 452 g/mol. The van der Waals surface area contributed by atoms with Crippen molar-refractivity contribution in [3.8, 4) is 28.4 Å². The molecular formula is C25H21BrN4O. The molecule has 0 spiro atoms. The van der Waals surface area contributed by atoms with Gasteiger partial charge in [0.15, 0.2) is 11.6 Å². The van der Waals surface area contributed by atoms with Crippen LogP contribution in [0.15, 0.2) is 94.5 Å². The number of para-hydroxylation sites is 1. The highest BCUT2D eigenvalue weighted by Crippen LogP contribution is 2.27. The Morgan fingerprint density at radius 1 is 0.871 bits per heavy atom. The van der Waals surface area contributed by atoms with Gasteiger partial charge in [0.1, 0.15) is 5.75 Å². The van der Waals surface area contributed by atoms with E-state index >= 15 is 0 Å². The summed E-state index contributed by atoms with van der Waals surface area (Å²) in [6, 6.07) is 27.7. The molecule has 154 valence electrons. The third kappa shape index (κ3) is 4.98. The summed E-state index contributed by atoms with van der Waals surface area (Å²) in [5.41, 5.74) is 3.68. The van der Waals surface area contributed by atoms with E-state index < -0.39 is 0 Å². The highest BCUT2D eigenvalue weighted by Gasteiger charge is 2.11. The Kier molecular flexibility index (Phi) is 6.38. The van der Waals surface area contributed by atoms with Gasteiger partial charge in [-0.3, -0.25) is 5.01 Å². The Hall–Kier alpha value is -3.51. The molecule has 0 saturated carbocycles. The number of hydrogen-bond acceptors (Lipinski definition) is 5. The molecule has 31 heavy (non-hydrogen) atoms. The number of methoxy groups -OCH3 is 1. The Balaban J connectivity index is 1.74. The van der Waals surface area contributed by atoms with E-state index in [9.17, 15) is 0 Å². The second kappa shape index (κ2) is 9.53. The van der Waals surface area contributed by atoms with Crippen molar-refractivity contribution in [1.29, 1.82) is 0 Å². The Morgan fingerprint density at radius 3 is 2.32 bits per heavy atom. The molecule has 6 heteroatoms. The quantitative estimate of drug-likeness (QED) is 0.253. The number of ether oxygens (including phenoxy) is 1.